The van der Waals surface area contributed by atoms with Gasteiger partial charge in [0.1, 0.15) is 0 Å². The summed E-state index contributed by atoms with van der Waals surface area (Å²) in [4.78, 5) is 15.4. The SMILES string of the molecule is Cc1cc(C2CCOCC2)n2nc(C(=O)O)cc2n1. The lowest BCUT2D eigenvalue weighted by Gasteiger charge is -2.22. The van der Waals surface area contributed by atoms with Gasteiger partial charge in [-0.2, -0.15) is 5.10 Å². The van der Waals surface area contributed by atoms with E-state index in [1.807, 2.05) is 13.0 Å². The van der Waals surface area contributed by atoms with Crippen LogP contribution < -0.4 is 0 Å². The Kier molecular flexibility index (Phi) is 2.94. The predicted molar refractivity (Wildman–Crippen MR) is 67.5 cm³/mol. The zero-order chi connectivity index (χ0) is 13.4. The monoisotopic (exact) mass is 261 g/mol. The topological polar surface area (TPSA) is 76.7 Å². The van der Waals surface area contributed by atoms with E-state index in [-0.39, 0.29) is 5.69 Å². The highest BCUT2D eigenvalue weighted by molar-refractivity contribution is 5.86. The molecule has 19 heavy (non-hydrogen) atoms. The van der Waals surface area contributed by atoms with Gasteiger partial charge >= 0.3 is 5.97 Å². The molecule has 0 aliphatic carbocycles. The number of aromatic nitrogens is 3. The summed E-state index contributed by atoms with van der Waals surface area (Å²) in [5.74, 6) is -0.680. The van der Waals surface area contributed by atoms with Crippen LogP contribution in [-0.2, 0) is 4.74 Å². The number of aromatic carboxylic acids is 1. The molecule has 0 saturated carbocycles. The average molecular weight is 261 g/mol. The minimum atomic E-state index is -1.03. The molecule has 1 saturated heterocycles. The van der Waals surface area contributed by atoms with Crippen molar-refractivity contribution in [2.45, 2.75) is 25.7 Å². The lowest BCUT2D eigenvalue weighted by molar-refractivity contribution is 0.0689. The first kappa shape index (κ1) is 12.1. The number of hydrogen-bond donors (Lipinski definition) is 1. The second-order valence-electron chi connectivity index (χ2n) is 4.81. The van der Waals surface area contributed by atoms with Crippen LogP contribution in [0.1, 0.15) is 40.6 Å². The maximum absolute atomic E-state index is 11.0. The molecule has 1 fully saturated rings. The summed E-state index contributed by atoms with van der Waals surface area (Å²) >= 11 is 0. The van der Waals surface area contributed by atoms with Crippen molar-refractivity contribution in [1.29, 1.82) is 0 Å². The summed E-state index contributed by atoms with van der Waals surface area (Å²) in [6.45, 7) is 3.39. The summed E-state index contributed by atoms with van der Waals surface area (Å²) < 4.78 is 7.03. The van der Waals surface area contributed by atoms with Gasteiger partial charge in [-0.15, -0.1) is 0 Å². The van der Waals surface area contributed by atoms with E-state index in [0.717, 1.165) is 37.4 Å². The molecule has 0 radical (unpaired) electrons. The summed E-state index contributed by atoms with van der Waals surface area (Å²) in [7, 11) is 0. The van der Waals surface area contributed by atoms with Crippen LogP contribution in [0.15, 0.2) is 12.1 Å². The van der Waals surface area contributed by atoms with Crippen molar-refractivity contribution in [3.05, 3.63) is 29.2 Å². The second kappa shape index (κ2) is 4.62. The van der Waals surface area contributed by atoms with E-state index in [2.05, 4.69) is 10.1 Å². The fraction of sp³-hybridized carbons (Fsp3) is 0.462. The summed E-state index contributed by atoms with van der Waals surface area (Å²) in [5.41, 5.74) is 2.54. The molecular formula is C13H15N3O3. The van der Waals surface area contributed by atoms with E-state index in [1.54, 1.807) is 4.52 Å². The molecule has 6 nitrogen and oxygen atoms in total. The molecule has 0 atom stereocenters. The molecule has 0 bridgehead atoms. The average Bonchev–Trinajstić information content (AvgIpc) is 2.82. The fourth-order valence-corrected chi connectivity index (χ4v) is 2.52. The molecule has 0 amide bonds. The third kappa shape index (κ3) is 2.19. The number of hydrogen-bond acceptors (Lipinski definition) is 4. The molecule has 1 aliphatic heterocycles. The summed E-state index contributed by atoms with van der Waals surface area (Å²) in [5, 5.41) is 13.2. The first-order valence-electron chi connectivity index (χ1n) is 6.33. The van der Waals surface area contributed by atoms with E-state index in [4.69, 9.17) is 9.84 Å². The molecule has 2 aromatic heterocycles. The number of ether oxygens (including phenoxy) is 1. The van der Waals surface area contributed by atoms with Gasteiger partial charge in [-0.25, -0.2) is 14.3 Å². The molecule has 1 N–H and O–H groups in total. The largest absolute Gasteiger partial charge is 0.476 e. The van der Waals surface area contributed by atoms with Gasteiger partial charge in [0.2, 0.25) is 0 Å². The Morgan fingerprint density at radius 2 is 2.16 bits per heavy atom. The van der Waals surface area contributed by atoms with Crippen molar-refractivity contribution in [3.63, 3.8) is 0 Å². The Bertz CT molecular complexity index is 629. The Morgan fingerprint density at radius 1 is 1.42 bits per heavy atom. The van der Waals surface area contributed by atoms with Crippen LogP contribution in [0.25, 0.3) is 5.65 Å². The van der Waals surface area contributed by atoms with E-state index in [9.17, 15) is 4.79 Å². The predicted octanol–water partition coefficient (Wildman–Crippen LogP) is 1.63. The van der Waals surface area contributed by atoms with Gasteiger partial charge in [0.05, 0.1) is 0 Å². The molecule has 3 heterocycles. The molecule has 100 valence electrons. The Morgan fingerprint density at radius 3 is 2.84 bits per heavy atom. The first-order chi connectivity index (χ1) is 9.15. The third-order valence-corrected chi connectivity index (χ3v) is 3.44. The fourth-order valence-electron chi connectivity index (χ4n) is 2.52. The van der Waals surface area contributed by atoms with Crippen LogP contribution in [-0.4, -0.2) is 38.9 Å². The van der Waals surface area contributed by atoms with Gasteiger partial charge < -0.3 is 9.84 Å². The number of nitrogens with zero attached hydrogens (tertiary/aromatic N) is 3. The standard InChI is InChI=1S/C13H15N3O3/c1-8-6-11(9-2-4-19-5-3-9)16-12(14-8)7-10(15-16)13(17)18/h6-7,9H,2-5H2,1H3,(H,17,18). The molecule has 0 unspecified atom stereocenters. The minimum Gasteiger partial charge on any atom is -0.476 e. The van der Waals surface area contributed by atoms with Crippen molar-refractivity contribution >= 4 is 11.6 Å². The number of fused-ring (bicyclic) bond motifs is 1. The highest BCUT2D eigenvalue weighted by Gasteiger charge is 2.21. The van der Waals surface area contributed by atoms with Crippen LogP contribution in [0.5, 0.6) is 0 Å². The van der Waals surface area contributed by atoms with Gasteiger partial charge in [-0.05, 0) is 25.8 Å². The zero-order valence-electron chi connectivity index (χ0n) is 10.7. The van der Waals surface area contributed by atoms with Crippen LogP contribution in [0.3, 0.4) is 0 Å². The van der Waals surface area contributed by atoms with Crippen molar-refractivity contribution in [2.24, 2.45) is 0 Å². The molecule has 2 aromatic rings. The lowest BCUT2D eigenvalue weighted by Crippen LogP contribution is -2.17. The lowest BCUT2D eigenvalue weighted by atomic mass is 9.96. The number of carboxylic acid groups (broad SMARTS) is 1. The van der Waals surface area contributed by atoms with Gasteiger partial charge in [-0.3, -0.25) is 0 Å². The minimum absolute atomic E-state index is 0.0337. The van der Waals surface area contributed by atoms with Crippen LogP contribution in [0, 0.1) is 6.92 Å². The number of carboxylic acids is 1. The smallest absolute Gasteiger partial charge is 0.356 e. The van der Waals surface area contributed by atoms with Gasteiger partial charge in [-0.1, -0.05) is 0 Å². The molecule has 0 spiro atoms. The van der Waals surface area contributed by atoms with Crippen molar-refractivity contribution in [2.75, 3.05) is 13.2 Å². The number of rotatable bonds is 2. The van der Waals surface area contributed by atoms with Crippen LogP contribution in [0.4, 0.5) is 0 Å². The zero-order valence-corrected chi connectivity index (χ0v) is 10.7. The normalized spacial score (nSPS) is 16.9. The molecular weight excluding hydrogens is 246 g/mol. The highest BCUT2D eigenvalue weighted by atomic mass is 16.5. The van der Waals surface area contributed by atoms with E-state index >= 15 is 0 Å². The van der Waals surface area contributed by atoms with Crippen molar-refractivity contribution < 1.29 is 14.6 Å². The number of aryl methyl sites for hydroxylation is 1. The quantitative estimate of drug-likeness (QED) is 0.889. The van der Waals surface area contributed by atoms with Crippen LogP contribution in [0.2, 0.25) is 0 Å². The van der Waals surface area contributed by atoms with Gasteiger partial charge in [0, 0.05) is 36.6 Å². The van der Waals surface area contributed by atoms with E-state index < -0.39 is 5.97 Å². The molecule has 0 aromatic carbocycles. The van der Waals surface area contributed by atoms with Gasteiger partial charge in [0.25, 0.3) is 0 Å². The second-order valence-corrected chi connectivity index (χ2v) is 4.81. The summed E-state index contributed by atoms with van der Waals surface area (Å²) in [6, 6.07) is 3.50. The maximum Gasteiger partial charge on any atom is 0.356 e. The molecule has 6 heteroatoms. The first-order valence-corrected chi connectivity index (χ1v) is 6.33. The third-order valence-electron chi connectivity index (χ3n) is 3.44. The maximum atomic E-state index is 11.0. The molecule has 3 rings (SSSR count). The summed E-state index contributed by atoms with van der Waals surface area (Å²) in [6.07, 6.45) is 1.86. The number of carbonyl (C=O) groups is 1. The van der Waals surface area contributed by atoms with Crippen LogP contribution >= 0.6 is 0 Å². The van der Waals surface area contributed by atoms with Gasteiger partial charge in [0.15, 0.2) is 11.3 Å². The molecule has 1 aliphatic rings. The van der Waals surface area contributed by atoms with Crippen molar-refractivity contribution in [1.82, 2.24) is 14.6 Å². The van der Waals surface area contributed by atoms with E-state index in [1.165, 1.54) is 6.07 Å². The Hall–Kier alpha value is -1.95. The van der Waals surface area contributed by atoms with Crippen molar-refractivity contribution in [3.8, 4) is 0 Å². The highest BCUT2D eigenvalue weighted by Crippen LogP contribution is 2.27. The Balaban J connectivity index is 2.13. The Labute approximate surface area is 110 Å². The van der Waals surface area contributed by atoms with E-state index in [0.29, 0.717) is 11.6 Å².